The van der Waals surface area contributed by atoms with Crippen LogP contribution in [0.15, 0.2) is 12.7 Å². The predicted molar refractivity (Wildman–Crippen MR) is 101 cm³/mol. The Bertz CT molecular complexity index is 853. The minimum Gasteiger partial charge on any atom is -0.382 e. The van der Waals surface area contributed by atoms with E-state index in [1.165, 1.54) is 6.33 Å². The van der Waals surface area contributed by atoms with Crippen LogP contribution in [0.2, 0.25) is 0 Å². The van der Waals surface area contributed by atoms with E-state index in [-0.39, 0.29) is 29.5 Å². The van der Waals surface area contributed by atoms with Crippen LogP contribution in [0.25, 0.3) is 11.2 Å². The van der Waals surface area contributed by atoms with E-state index in [9.17, 15) is 0 Å². The maximum atomic E-state index is 6.65. The number of aromatic nitrogens is 4. The molecule has 1 unspecified atom stereocenters. The number of ether oxygens (including phenoxy) is 3. The number of fused-ring (bicyclic) bond motifs is 3. The summed E-state index contributed by atoms with van der Waals surface area (Å²) in [7, 11) is 0. The van der Waals surface area contributed by atoms with Gasteiger partial charge in [-0.05, 0) is 32.6 Å². The first-order valence-electron chi connectivity index (χ1n) is 9.39. The van der Waals surface area contributed by atoms with Gasteiger partial charge in [-0.2, -0.15) is 0 Å². The van der Waals surface area contributed by atoms with Crippen molar-refractivity contribution in [3.05, 3.63) is 12.7 Å². The molecule has 2 aliphatic rings. The molecule has 4 atom stereocenters. The Labute approximate surface area is 159 Å². The molecule has 0 radical (unpaired) electrons. The molecule has 2 aromatic heterocycles. The molecule has 2 fully saturated rings. The third kappa shape index (κ3) is 3.19. The van der Waals surface area contributed by atoms with Gasteiger partial charge in [-0.15, -0.1) is 0 Å². The average Bonchev–Trinajstić information content (AvgIpc) is 3.15. The van der Waals surface area contributed by atoms with Crippen molar-refractivity contribution < 1.29 is 14.2 Å². The van der Waals surface area contributed by atoms with Gasteiger partial charge in [-0.1, -0.05) is 20.8 Å². The van der Waals surface area contributed by atoms with Gasteiger partial charge >= 0.3 is 0 Å². The van der Waals surface area contributed by atoms with Gasteiger partial charge in [-0.25, -0.2) is 15.0 Å². The van der Waals surface area contributed by atoms with Crippen LogP contribution in [0.3, 0.4) is 0 Å². The molecule has 0 aromatic carbocycles. The molecular weight excluding hydrogens is 346 g/mol. The van der Waals surface area contributed by atoms with Gasteiger partial charge in [0, 0.05) is 0 Å². The van der Waals surface area contributed by atoms with Crippen molar-refractivity contribution in [2.24, 2.45) is 5.41 Å². The second-order valence-electron chi connectivity index (χ2n) is 9.82. The highest BCUT2D eigenvalue weighted by Gasteiger charge is 2.64. The molecule has 8 nitrogen and oxygen atoms in total. The molecule has 148 valence electrons. The molecule has 0 amide bonds. The summed E-state index contributed by atoms with van der Waals surface area (Å²) in [5, 5.41) is 0. The molecule has 8 heteroatoms. The maximum Gasteiger partial charge on any atom is 0.167 e. The summed E-state index contributed by atoms with van der Waals surface area (Å²) in [4.78, 5) is 12.8. The number of rotatable bonds is 3. The molecule has 2 aromatic rings. The summed E-state index contributed by atoms with van der Waals surface area (Å²) < 4.78 is 21.2. The summed E-state index contributed by atoms with van der Waals surface area (Å²) in [5.41, 5.74) is 6.41. The van der Waals surface area contributed by atoms with E-state index in [1.807, 2.05) is 4.57 Å². The Morgan fingerprint density at radius 3 is 2.63 bits per heavy atom. The lowest BCUT2D eigenvalue weighted by molar-refractivity contribution is -0.187. The monoisotopic (exact) mass is 375 g/mol. The largest absolute Gasteiger partial charge is 0.382 e. The fourth-order valence-corrected chi connectivity index (χ4v) is 4.26. The Morgan fingerprint density at radius 2 is 1.96 bits per heavy atom. The minimum absolute atomic E-state index is 0.0657. The summed E-state index contributed by atoms with van der Waals surface area (Å²) >= 11 is 0. The van der Waals surface area contributed by atoms with E-state index in [0.29, 0.717) is 23.6 Å². The van der Waals surface area contributed by atoms with Crippen molar-refractivity contribution in [3.63, 3.8) is 0 Å². The SMILES string of the molecule is CC(C)(C)C[C@]12CO[C@@H](C1OC(C)(C)C)[C@H](n1cnc3c(N)ncnc31)O2. The van der Waals surface area contributed by atoms with Crippen molar-refractivity contribution >= 4 is 17.0 Å². The third-order valence-corrected chi connectivity index (χ3v) is 4.94. The Hall–Kier alpha value is -1.77. The summed E-state index contributed by atoms with van der Waals surface area (Å²) in [6.45, 7) is 13.3. The van der Waals surface area contributed by atoms with E-state index in [1.54, 1.807) is 6.33 Å². The van der Waals surface area contributed by atoms with Crippen molar-refractivity contribution in [1.29, 1.82) is 0 Å². The number of nitrogens with zero attached hydrogens (tertiary/aromatic N) is 4. The fourth-order valence-electron chi connectivity index (χ4n) is 4.26. The van der Waals surface area contributed by atoms with Crippen LogP contribution in [-0.2, 0) is 14.2 Å². The molecule has 2 N–H and O–H groups in total. The highest BCUT2D eigenvalue weighted by atomic mass is 16.7. The smallest absolute Gasteiger partial charge is 0.167 e. The third-order valence-electron chi connectivity index (χ3n) is 4.94. The van der Waals surface area contributed by atoms with Crippen LogP contribution in [0, 0.1) is 5.41 Å². The van der Waals surface area contributed by atoms with Crippen molar-refractivity contribution in [2.45, 2.75) is 77.6 Å². The second-order valence-corrected chi connectivity index (χ2v) is 9.82. The molecule has 2 aliphatic heterocycles. The van der Waals surface area contributed by atoms with Crippen molar-refractivity contribution in [1.82, 2.24) is 19.5 Å². The number of hydrogen-bond acceptors (Lipinski definition) is 7. The van der Waals surface area contributed by atoms with Crippen LogP contribution >= 0.6 is 0 Å². The van der Waals surface area contributed by atoms with Gasteiger partial charge in [0.05, 0.1) is 18.5 Å². The van der Waals surface area contributed by atoms with Crippen molar-refractivity contribution in [3.8, 4) is 0 Å². The minimum atomic E-state index is -0.504. The molecule has 2 saturated heterocycles. The van der Waals surface area contributed by atoms with Crippen LogP contribution in [0.5, 0.6) is 0 Å². The van der Waals surface area contributed by atoms with Crippen molar-refractivity contribution in [2.75, 3.05) is 12.3 Å². The summed E-state index contributed by atoms with van der Waals surface area (Å²) in [5.74, 6) is 0.356. The zero-order valence-electron chi connectivity index (χ0n) is 16.9. The van der Waals surface area contributed by atoms with Gasteiger partial charge in [0.25, 0.3) is 0 Å². The molecule has 0 aliphatic carbocycles. The van der Waals surface area contributed by atoms with Gasteiger partial charge in [0.2, 0.25) is 0 Å². The molecule has 27 heavy (non-hydrogen) atoms. The van der Waals surface area contributed by atoms with Crippen LogP contribution in [0.1, 0.15) is 54.2 Å². The van der Waals surface area contributed by atoms with E-state index in [0.717, 1.165) is 6.42 Å². The molecule has 0 spiro atoms. The first-order chi connectivity index (χ1) is 12.5. The number of imidazole rings is 1. The van der Waals surface area contributed by atoms with E-state index < -0.39 is 5.60 Å². The standard InChI is InChI=1S/C19H29N5O3/c1-17(2,3)7-19-8-25-12(13(19)26-18(4,5)6)16(27-19)24-10-23-11-14(20)21-9-22-15(11)24/h9-10,12-13,16H,7-8H2,1-6H3,(H2,20,21,22)/t12-,13?,16+,19-/m0/s1. The zero-order valence-corrected chi connectivity index (χ0v) is 16.9. The van der Waals surface area contributed by atoms with Crippen LogP contribution < -0.4 is 5.73 Å². The fraction of sp³-hybridized carbons (Fsp3) is 0.737. The number of nitrogen functional groups attached to an aromatic ring is 1. The maximum absolute atomic E-state index is 6.65. The Balaban J connectivity index is 1.75. The highest BCUT2D eigenvalue weighted by Crippen LogP contribution is 2.52. The normalized spacial score (nSPS) is 31.1. The van der Waals surface area contributed by atoms with E-state index in [4.69, 9.17) is 19.9 Å². The van der Waals surface area contributed by atoms with Crippen LogP contribution in [0.4, 0.5) is 5.82 Å². The quantitative estimate of drug-likeness (QED) is 0.881. The Kier molecular flexibility index (Phi) is 4.04. The molecule has 2 bridgehead atoms. The van der Waals surface area contributed by atoms with Gasteiger partial charge in [0.15, 0.2) is 17.7 Å². The predicted octanol–water partition coefficient (Wildman–Crippen LogP) is 2.69. The highest BCUT2D eigenvalue weighted by molar-refractivity contribution is 5.81. The van der Waals surface area contributed by atoms with Gasteiger partial charge in [0.1, 0.15) is 29.7 Å². The molecule has 0 saturated carbocycles. The molecule has 4 heterocycles. The average molecular weight is 375 g/mol. The number of anilines is 1. The van der Waals surface area contributed by atoms with Gasteiger partial charge in [-0.3, -0.25) is 4.57 Å². The van der Waals surface area contributed by atoms with E-state index in [2.05, 4.69) is 56.5 Å². The lowest BCUT2D eigenvalue weighted by atomic mass is 9.80. The number of hydrogen-bond donors (Lipinski definition) is 1. The zero-order chi connectivity index (χ0) is 19.6. The van der Waals surface area contributed by atoms with Crippen LogP contribution in [-0.4, -0.2) is 49.5 Å². The first-order valence-corrected chi connectivity index (χ1v) is 9.39. The lowest BCUT2D eigenvalue weighted by Crippen LogP contribution is -2.47. The lowest BCUT2D eigenvalue weighted by Gasteiger charge is -2.38. The van der Waals surface area contributed by atoms with Gasteiger partial charge < -0.3 is 19.9 Å². The number of nitrogens with two attached hydrogens (primary N) is 1. The summed E-state index contributed by atoms with van der Waals surface area (Å²) in [6.07, 6.45) is 3.20. The molecule has 4 rings (SSSR count). The Morgan fingerprint density at radius 1 is 1.22 bits per heavy atom. The topological polar surface area (TPSA) is 97.3 Å². The molecular formula is C19H29N5O3. The summed E-state index contributed by atoms with van der Waals surface area (Å²) in [6, 6.07) is 0. The second kappa shape index (κ2) is 5.86. The first kappa shape index (κ1) is 18.6. The van der Waals surface area contributed by atoms with E-state index >= 15 is 0 Å².